The molecule has 100 valence electrons. The van der Waals surface area contributed by atoms with E-state index in [1.165, 1.54) is 6.92 Å². The van der Waals surface area contributed by atoms with Crippen LogP contribution in [-0.4, -0.2) is 25.2 Å². The average molecular weight is 268 g/mol. The number of Topliss-reactive ketones (excluding diaryl/α,β-unsaturated/α-hetero) is 1. The van der Waals surface area contributed by atoms with Crippen molar-refractivity contribution in [2.75, 3.05) is 5.75 Å². The van der Waals surface area contributed by atoms with Gasteiger partial charge in [0.1, 0.15) is 5.25 Å². The molecule has 1 atom stereocenters. The van der Waals surface area contributed by atoms with Crippen molar-refractivity contribution in [3.8, 4) is 0 Å². The zero-order chi connectivity index (χ0) is 13.9. The average Bonchev–Trinajstić information content (AvgIpc) is 2.30. The molecule has 0 fully saturated rings. The minimum Gasteiger partial charge on any atom is -0.293 e. The molecule has 0 radical (unpaired) electrons. The van der Waals surface area contributed by atoms with Gasteiger partial charge in [-0.25, -0.2) is 8.42 Å². The molecule has 0 aromatic heterocycles. The zero-order valence-electron chi connectivity index (χ0n) is 11.4. The number of sulfone groups is 1. The molecule has 0 amide bonds. The lowest BCUT2D eigenvalue weighted by Crippen LogP contribution is -2.29. The Balaban J connectivity index is 3.11. The van der Waals surface area contributed by atoms with Crippen LogP contribution in [0.1, 0.15) is 41.8 Å². The zero-order valence-corrected chi connectivity index (χ0v) is 12.2. The van der Waals surface area contributed by atoms with Gasteiger partial charge < -0.3 is 0 Å². The Labute approximate surface area is 109 Å². The van der Waals surface area contributed by atoms with Crippen molar-refractivity contribution in [2.45, 2.75) is 39.4 Å². The quantitative estimate of drug-likeness (QED) is 0.771. The lowest BCUT2D eigenvalue weighted by atomic mass is 10.0. The van der Waals surface area contributed by atoms with Gasteiger partial charge >= 0.3 is 0 Å². The number of aryl methyl sites for hydroxylation is 2. The summed E-state index contributed by atoms with van der Waals surface area (Å²) < 4.78 is 23.8. The van der Waals surface area contributed by atoms with Crippen LogP contribution in [0.25, 0.3) is 0 Å². The van der Waals surface area contributed by atoms with Gasteiger partial charge in [0.25, 0.3) is 0 Å². The summed E-state index contributed by atoms with van der Waals surface area (Å²) in [5.41, 5.74) is 2.30. The number of hydrogen-bond acceptors (Lipinski definition) is 3. The van der Waals surface area contributed by atoms with E-state index in [-0.39, 0.29) is 11.5 Å². The van der Waals surface area contributed by atoms with Crippen molar-refractivity contribution < 1.29 is 13.2 Å². The number of rotatable bonds is 5. The van der Waals surface area contributed by atoms with Gasteiger partial charge in [0.05, 0.1) is 5.75 Å². The van der Waals surface area contributed by atoms with Crippen molar-refractivity contribution in [3.63, 3.8) is 0 Å². The van der Waals surface area contributed by atoms with Crippen LogP contribution < -0.4 is 0 Å². The van der Waals surface area contributed by atoms with E-state index in [9.17, 15) is 13.2 Å². The molecule has 0 heterocycles. The van der Waals surface area contributed by atoms with E-state index in [0.29, 0.717) is 12.0 Å². The molecule has 4 heteroatoms. The standard InChI is InChI=1S/C14H20O3S/c1-5-8-18(16,17)12(4)14(15)13-9-10(2)6-7-11(13)3/h6-7,9,12H,5,8H2,1-4H3. The molecule has 0 N–H and O–H groups in total. The number of carbonyl (C=O) groups is 1. The first-order chi connectivity index (χ1) is 8.29. The number of carbonyl (C=O) groups excluding carboxylic acids is 1. The van der Waals surface area contributed by atoms with Crippen molar-refractivity contribution in [2.24, 2.45) is 0 Å². The normalized spacial score (nSPS) is 13.3. The van der Waals surface area contributed by atoms with E-state index in [0.717, 1.165) is 11.1 Å². The maximum atomic E-state index is 12.3. The fourth-order valence-electron chi connectivity index (χ4n) is 1.84. The number of benzene rings is 1. The molecule has 3 nitrogen and oxygen atoms in total. The van der Waals surface area contributed by atoms with Crippen LogP contribution in [0, 0.1) is 13.8 Å². The molecule has 0 saturated heterocycles. The summed E-state index contributed by atoms with van der Waals surface area (Å²) in [6.07, 6.45) is 0.534. The molecule has 1 aromatic rings. The van der Waals surface area contributed by atoms with Crippen LogP contribution >= 0.6 is 0 Å². The molecule has 0 aliphatic rings. The summed E-state index contributed by atoms with van der Waals surface area (Å²) in [5, 5.41) is -0.960. The Morgan fingerprint density at radius 3 is 2.44 bits per heavy atom. The minimum atomic E-state index is -3.34. The highest BCUT2D eigenvalue weighted by Gasteiger charge is 2.28. The van der Waals surface area contributed by atoms with Crippen LogP contribution in [-0.2, 0) is 9.84 Å². The van der Waals surface area contributed by atoms with Gasteiger partial charge in [0.2, 0.25) is 0 Å². The Morgan fingerprint density at radius 1 is 1.28 bits per heavy atom. The molecule has 0 bridgehead atoms. The van der Waals surface area contributed by atoms with Gasteiger partial charge in [-0.1, -0.05) is 24.6 Å². The van der Waals surface area contributed by atoms with Gasteiger partial charge in [-0.3, -0.25) is 4.79 Å². The van der Waals surface area contributed by atoms with Gasteiger partial charge in [-0.05, 0) is 38.8 Å². The smallest absolute Gasteiger partial charge is 0.180 e. The van der Waals surface area contributed by atoms with Gasteiger partial charge in [0.15, 0.2) is 15.6 Å². The van der Waals surface area contributed by atoms with Gasteiger partial charge in [0, 0.05) is 5.56 Å². The lowest BCUT2D eigenvalue weighted by molar-refractivity contribution is 0.0991. The third-order valence-corrected chi connectivity index (χ3v) is 5.32. The summed E-state index contributed by atoms with van der Waals surface area (Å²) >= 11 is 0. The molecule has 18 heavy (non-hydrogen) atoms. The summed E-state index contributed by atoms with van der Waals surface area (Å²) in [7, 11) is -3.34. The van der Waals surface area contributed by atoms with Crippen molar-refractivity contribution >= 4 is 15.6 Å². The third kappa shape index (κ3) is 3.19. The second kappa shape index (κ2) is 5.65. The highest BCUT2D eigenvalue weighted by Crippen LogP contribution is 2.17. The monoisotopic (exact) mass is 268 g/mol. The first kappa shape index (κ1) is 14.9. The van der Waals surface area contributed by atoms with E-state index >= 15 is 0 Å². The van der Waals surface area contributed by atoms with Gasteiger partial charge in [-0.2, -0.15) is 0 Å². The maximum absolute atomic E-state index is 12.3. The first-order valence-electron chi connectivity index (χ1n) is 6.12. The lowest BCUT2D eigenvalue weighted by Gasteiger charge is -2.13. The predicted octanol–water partition coefficient (Wildman–Crippen LogP) is 2.70. The van der Waals surface area contributed by atoms with Crippen LogP contribution in [0.15, 0.2) is 18.2 Å². The molecule has 1 unspecified atom stereocenters. The molecule has 0 aliphatic heterocycles. The number of hydrogen-bond donors (Lipinski definition) is 0. The highest BCUT2D eigenvalue weighted by molar-refractivity contribution is 7.92. The van der Waals surface area contributed by atoms with Crippen molar-refractivity contribution in [1.29, 1.82) is 0 Å². The van der Waals surface area contributed by atoms with Crippen LogP contribution in [0.4, 0.5) is 0 Å². The summed E-state index contributed by atoms with van der Waals surface area (Å²) in [6, 6.07) is 5.52. The van der Waals surface area contributed by atoms with Crippen LogP contribution in [0.5, 0.6) is 0 Å². The largest absolute Gasteiger partial charge is 0.293 e. The maximum Gasteiger partial charge on any atom is 0.180 e. The first-order valence-corrected chi connectivity index (χ1v) is 7.84. The van der Waals surface area contributed by atoms with Crippen molar-refractivity contribution in [1.82, 2.24) is 0 Å². The summed E-state index contributed by atoms with van der Waals surface area (Å²) in [6.45, 7) is 7.00. The molecule has 1 aromatic carbocycles. The third-order valence-electron chi connectivity index (χ3n) is 3.06. The molecule has 0 saturated carbocycles. The Kier molecular flexibility index (Phi) is 4.68. The summed E-state index contributed by atoms with van der Waals surface area (Å²) in [5.74, 6) is -0.241. The van der Waals surface area contributed by atoms with Crippen LogP contribution in [0.2, 0.25) is 0 Å². The van der Waals surface area contributed by atoms with Crippen LogP contribution in [0.3, 0.4) is 0 Å². The van der Waals surface area contributed by atoms with Crippen molar-refractivity contribution in [3.05, 3.63) is 34.9 Å². The van der Waals surface area contributed by atoms with E-state index < -0.39 is 15.1 Å². The molecular weight excluding hydrogens is 248 g/mol. The predicted molar refractivity (Wildman–Crippen MR) is 73.8 cm³/mol. The van der Waals surface area contributed by atoms with E-state index in [4.69, 9.17) is 0 Å². The van der Waals surface area contributed by atoms with E-state index in [1.807, 2.05) is 26.0 Å². The Bertz CT molecular complexity index is 544. The molecule has 0 aliphatic carbocycles. The fourth-order valence-corrected chi connectivity index (χ4v) is 3.22. The minimum absolute atomic E-state index is 0.0603. The summed E-state index contributed by atoms with van der Waals surface area (Å²) in [4.78, 5) is 12.3. The Morgan fingerprint density at radius 2 is 1.89 bits per heavy atom. The van der Waals surface area contributed by atoms with E-state index in [2.05, 4.69) is 0 Å². The van der Waals surface area contributed by atoms with E-state index in [1.54, 1.807) is 13.0 Å². The second-order valence-corrected chi connectivity index (χ2v) is 7.13. The fraction of sp³-hybridized carbons (Fsp3) is 0.500. The Hall–Kier alpha value is -1.16. The molecule has 0 spiro atoms. The molecular formula is C14H20O3S. The number of ketones is 1. The second-order valence-electron chi connectivity index (χ2n) is 4.69. The van der Waals surface area contributed by atoms with Gasteiger partial charge in [-0.15, -0.1) is 0 Å². The SMILES string of the molecule is CCCS(=O)(=O)C(C)C(=O)c1cc(C)ccc1C. The topological polar surface area (TPSA) is 51.2 Å². The highest BCUT2D eigenvalue weighted by atomic mass is 32.2. The molecule has 1 rings (SSSR count).